The largest absolute Gasteiger partial charge is 0.328 e. The highest BCUT2D eigenvalue weighted by atomic mass is 16.1. The summed E-state index contributed by atoms with van der Waals surface area (Å²) in [5, 5.41) is 0. The molecule has 5 atom stereocenters. The topological polar surface area (TPSA) is 43.1 Å². The number of unbranched alkanes of at least 4 members (excludes halogenated alkanes) is 30. The molecular formula is C56H111NO. The minimum atomic E-state index is 0.472. The lowest BCUT2D eigenvalue weighted by atomic mass is 10.00. The Hall–Kier alpha value is -0.370. The van der Waals surface area contributed by atoms with Crippen LogP contribution in [-0.4, -0.2) is 11.8 Å². The number of carbonyl (C=O) groups excluding carboxylic acids is 1. The van der Waals surface area contributed by atoms with Crippen molar-refractivity contribution in [3.63, 3.8) is 0 Å². The summed E-state index contributed by atoms with van der Waals surface area (Å²) in [6.45, 7) is 9.16. The zero-order valence-corrected chi connectivity index (χ0v) is 40.9. The highest BCUT2D eigenvalue weighted by Crippen LogP contribution is 2.46. The Morgan fingerprint density at radius 2 is 0.569 bits per heavy atom. The van der Waals surface area contributed by atoms with E-state index in [2.05, 4.69) is 27.7 Å². The van der Waals surface area contributed by atoms with Gasteiger partial charge in [0.2, 0.25) is 0 Å². The highest BCUT2D eigenvalue weighted by molar-refractivity contribution is 5.78. The molecule has 0 saturated heterocycles. The molecule has 2 saturated carbocycles. The summed E-state index contributed by atoms with van der Waals surface area (Å²) >= 11 is 0. The molecule has 346 valence electrons. The van der Waals surface area contributed by atoms with Crippen molar-refractivity contribution in [2.75, 3.05) is 0 Å². The Labute approximate surface area is 367 Å². The van der Waals surface area contributed by atoms with E-state index in [0.29, 0.717) is 11.8 Å². The van der Waals surface area contributed by atoms with E-state index in [0.717, 1.165) is 49.4 Å². The van der Waals surface area contributed by atoms with E-state index in [9.17, 15) is 4.79 Å². The summed E-state index contributed by atoms with van der Waals surface area (Å²) in [4.78, 5) is 12.0. The summed E-state index contributed by atoms with van der Waals surface area (Å²) in [5.41, 5.74) is 6.31. The van der Waals surface area contributed by atoms with Gasteiger partial charge in [0, 0.05) is 18.9 Å². The van der Waals surface area contributed by atoms with Gasteiger partial charge in [0.15, 0.2) is 0 Å². The number of nitrogens with two attached hydrogens (primary N) is 1. The SMILES string of the molecule is CCCCCCCCCC(=O)CCCCCCCC1CC1CCCCCCCC.CCCCCCCCCC(N)CCCCCCCC1CC1CCCCCCCC. The van der Waals surface area contributed by atoms with Gasteiger partial charge < -0.3 is 5.73 Å². The minimum absolute atomic E-state index is 0.472. The van der Waals surface area contributed by atoms with Crippen molar-refractivity contribution in [1.82, 2.24) is 0 Å². The molecule has 58 heavy (non-hydrogen) atoms. The second kappa shape index (κ2) is 43.3. The number of hydrogen-bond donors (Lipinski definition) is 1. The quantitative estimate of drug-likeness (QED) is 0.0622. The first-order valence-electron chi connectivity index (χ1n) is 27.8. The van der Waals surface area contributed by atoms with Crippen molar-refractivity contribution in [3.8, 4) is 0 Å². The molecule has 0 amide bonds. The Morgan fingerprint density at radius 3 is 0.845 bits per heavy atom. The molecule has 2 heteroatoms. The van der Waals surface area contributed by atoms with Gasteiger partial charge in [0.05, 0.1) is 0 Å². The van der Waals surface area contributed by atoms with Gasteiger partial charge in [-0.05, 0) is 62.2 Å². The van der Waals surface area contributed by atoms with Crippen molar-refractivity contribution in [3.05, 3.63) is 0 Å². The first-order valence-corrected chi connectivity index (χ1v) is 27.8. The smallest absolute Gasteiger partial charge is 0.132 e. The average Bonchev–Trinajstić information content (AvgIpc) is 4.16. The second-order valence-electron chi connectivity index (χ2n) is 20.4. The molecule has 0 bridgehead atoms. The standard InChI is InChI=1S/C28H57N.C28H54O/c2*1-3-5-7-9-11-15-19-23-28(29)24-20-16-12-14-18-22-27-25-26(27)21-17-13-10-8-6-4-2/h26-28H,3-25,29H2,1-2H3;26-27H,3-25H2,1-2H3. The fourth-order valence-corrected chi connectivity index (χ4v) is 9.92. The van der Waals surface area contributed by atoms with Crippen LogP contribution in [0.15, 0.2) is 0 Å². The molecule has 2 aliphatic carbocycles. The van der Waals surface area contributed by atoms with Gasteiger partial charge in [0.1, 0.15) is 5.78 Å². The molecule has 2 nitrogen and oxygen atoms in total. The zero-order chi connectivity index (χ0) is 42.0. The Morgan fingerprint density at radius 1 is 0.345 bits per heavy atom. The van der Waals surface area contributed by atoms with Crippen molar-refractivity contribution in [2.45, 2.75) is 329 Å². The van der Waals surface area contributed by atoms with Crippen molar-refractivity contribution >= 4 is 5.78 Å². The molecule has 2 fully saturated rings. The maximum atomic E-state index is 12.0. The van der Waals surface area contributed by atoms with Gasteiger partial charge in [-0.15, -0.1) is 0 Å². The van der Waals surface area contributed by atoms with Crippen LogP contribution in [0.5, 0.6) is 0 Å². The van der Waals surface area contributed by atoms with Crippen LogP contribution >= 0.6 is 0 Å². The molecule has 0 aromatic heterocycles. The summed E-state index contributed by atoms with van der Waals surface area (Å²) < 4.78 is 0. The van der Waals surface area contributed by atoms with Crippen LogP contribution in [0.1, 0.15) is 323 Å². The summed E-state index contributed by atoms with van der Waals surface area (Å²) in [6.07, 6.45) is 63.5. The van der Waals surface area contributed by atoms with Crippen LogP contribution in [0, 0.1) is 23.7 Å². The normalized spacial score (nSPS) is 18.9. The molecule has 2 aliphatic rings. The van der Waals surface area contributed by atoms with Gasteiger partial charge in [0.25, 0.3) is 0 Å². The molecule has 0 aromatic rings. The van der Waals surface area contributed by atoms with Crippen LogP contribution in [-0.2, 0) is 4.79 Å². The van der Waals surface area contributed by atoms with Crippen molar-refractivity contribution in [1.29, 1.82) is 0 Å². The molecular weight excluding hydrogens is 703 g/mol. The molecule has 0 aromatic carbocycles. The second-order valence-corrected chi connectivity index (χ2v) is 20.4. The third kappa shape index (κ3) is 38.5. The van der Waals surface area contributed by atoms with Crippen LogP contribution in [0.3, 0.4) is 0 Å². The zero-order valence-electron chi connectivity index (χ0n) is 40.9. The van der Waals surface area contributed by atoms with Gasteiger partial charge in [-0.3, -0.25) is 4.79 Å². The number of hydrogen-bond acceptors (Lipinski definition) is 2. The van der Waals surface area contributed by atoms with Crippen LogP contribution in [0.4, 0.5) is 0 Å². The molecule has 2 N–H and O–H groups in total. The van der Waals surface area contributed by atoms with Crippen molar-refractivity contribution < 1.29 is 4.79 Å². The van der Waals surface area contributed by atoms with Gasteiger partial charge in [-0.1, -0.05) is 272 Å². The predicted molar refractivity (Wildman–Crippen MR) is 262 cm³/mol. The van der Waals surface area contributed by atoms with E-state index in [4.69, 9.17) is 5.73 Å². The number of rotatable bonds is 46. The first-order chi connectivity index (χ1) is 28.5. The molecule has 5 unspecified atom stereocenters. The van der Waals surface area contributed by atoms with Gasteiger partial charge in [-0.2, -0.15) is 0 Å². The van der Waals surface area contributed by atoms with E-state index in [-0.39, 0.29) is 0 Å². The van der Waals surface area contributed by atoms with Gasteiger partial charge >= 0.3 is 0 Å². The Balaban J connectivity index is 0.000000580. The minimum Gasteiger partial charge on any atom is -0.328 e. The number of ketones is 1. The predicted octanol–water partition coefficient (Wildman–Crippen LogP) is 19.4. The molecule has 0 radical (unpaired) electrons. The number of Topliss-reactive ketones (excluding diaryl/α,β-unsaturated/α-hetero) is 1. The third-order valence-electron chi connectivity index (χ3n) is 14.4. The van der Waals surface area contributed by atoms with Crippen LogP contribution in [0.25, 0.3) is 0 Å². The molecule has 0 heterocycles. The third-order valence-corrected chi connectivity index (χ3v) is 14.4. The fraction of sp³-hybridized carbons (Fsp3) is 0.982. The lowest BCUT2D eigenvalue weighted by Crippen LogP contribution is -2.19. The van der Waals surface area contributed by atoms with Gasteiger partial charge in [-0.25, -0.2) is 0 Å². The lowest BCUT2D eigenvalue weighted by Gasteiger charge is -2.11. The van der Waals surface area contributed by atoms with E-state index in [1.165, 1.54) is 263 Å². The number of carbonyl (C=O) groups is 1. The fourth-order valence-electron chi connectivity index (χ4n) is 9.92. The maximum Gasteiger partial charge on any atom is 0.132 e. The molecule has 0 aliphatic heterocycles. The summed E-state index contributed by atoms with van der Waals surface area (Å²) in [5.74, 6) is 4.92. The van der Waals surface area contributed by atoms with Crippen LogP contribution < -0.4 is 5.73 Å². The van der Waals surface area contributed by atoms with E-state index in [1.54, 1.807) is 6.42 Å². The average molecular weight is 815 g/mol. The Bertz CT molecular complexity index is 817. The lowest BCUT2D eigenvalue weighted by molar-refractivity contribution is -0.119. The maximum absolute atomic E-state index is 12.0. The highest BCUT2D eigenvalue weighted by Gasteiger charge is 2.35. The van der Waals surface area contributed by atoms with E-state index in [1.807, 2.05) is 0 Å². The summed E-state index contributed by atoms with van der Waals surface area (Å²) in [7, 11) is 0. The molecule has 0 spiro atoms. The summed E-state index contributed by atoms with van der Waals surface area (Å²) in [6, 6.07) is 0.472. The van der Waals surface area contributed by atoms with Crippen LogP contribution in [0.2, 0.25) is 0 Å². The van der Waals surface area contributed by atoms with E-state index >= 15 is 0 Å². The Kier molecular flexibility index (Phi) is 41.5. The first kappa shape index (κ1) is 55.6. The van der Waals surface area contributed by atoms with Crippen molar-refractivity contribution in [2.24, 2.45) is 29.4 Å². The monoisotopic (exact) mass is 814 g/mol. The van der Waals surface area contributed by atoms with E-state index < -0.39 is 0 Å². The molecule has 2 rings (SSSR count).